The largest absolute Gasteiger partial charge is 0.497 e. The summed E-state index contributed by atoms with van der Waals surface area (Å²) in [5.41, 5.74) is 0.0930. The molecular weight excluding hydrogens is 301 g/mol. The molecule has 0 radical (unpaired) electrons. The van der Waals surface area contributed by atoms with Gasteiger partial charge in [0.15, 0.2) is 17.4 Å². The second-order valence-electron chi connectivity index (χ2n) is 5.93. The monoisotopic (exact) mass is 326 g/mol. The van der Waals surface area contributed by atoms with Gasteiger partial charge in [0.1, 0.15) is 0 Å². The van der Waals surface area contributed by atoms with Crippen molar-refractivity contribution in [2.45, 2.75) is 46.0 Å². The standard InChI is InChI=1S/C17H25BF2O3/c1-3-5-6-7-8-13-11-22-18(23-12-13)14-9-10-15(21-4-2)17(20)16(14)19/h9-10,13H,3-8,11-12H2,1-2H3. The number of benzene rings is 1. The van der Waals surface area contributed by atoms with Crippen molar-refractivity contribution in [3.63, 3.8) is 0 Å². The molecule has 0 unspecified atom stereocenters. The van der Waals surface area contributed by atoms with Gasteiger partial charge in [0.2, 0.25) is 0 Å². The highest BCUT2D eigenvalue weighted by Gasteiger charge is 2.33. The van der Waals surface area contributed by atoms with Crippen LogP contribution in [0.3, 0.4) is 0 Å². The Labute approximate surface area is 137 Å². The molecule has 0 atom stereocenters. The topological polar surface area (TPSA) is 27.7 Å². The zero-order chi connectivity index (χ0) is 16.7. The average molecular weight is 326 g/mol. The molecule has 1 aromatic rings. The van der Waals surface area contributed by atoms with Crippen LogP contribution < -0.4 is 10.2 Å². The van der Waals surface area contributed by atoms with Crippen LogP contribution in [0.4, 0.5) is 8.78 Å². The van der Waals surface area contributed by atoms with E-state index in [-0.39, 0.29) is 17.8 Å². The van der Waals surface area contributed by atoms with Crippen molar-refractivity contribution in [3.8, 4) is 5.75 Å². The molecule has 1 aromatic carbocycles. The number of rotatable bonds is 8. The first-order valence-electron chi connectivity index (χ1n) is 8.51. The van der Waals surface area contributed by atoms with E-state index >= 15 is 0 Å². The summed E-state index contributed by atoms with van der Waals surface area (Å²) >= 11 is 0. The zero-order valence-electron chi connectivity index (χ0n) is 13.9. The smallest absolute Gasteiger partial charge is 0.491 e. The fraction of sp³-hybridized carbons (Fsp3) is 0.647. The summed E-state index contributed by atoms with van der Waals surface area (Å²) in [6.07, 6.45) is 5.87. The molecule has 128 valence electrons. The SMILES string of the molecule is CCCCCCC1COB(c2ccc(OCC)c(F)c2F)OC1. The van der Waals surface area contributed by atoms with E-state index in [0.717, 1.165) is 12.8 Å². The van der Waals surface area contributed by atoms with Crippen LogP contribution in [0.2, 0.25) is 0 Å². The van der Waals surface area contributed by atoms with Gasteiger partial charge in [-0.2, -0.15) is 4.39 Å². The molecule has 0 amide bonds. The third-order valence-electron chi connectivity index (χ3n) is 4.06. The Morgan fingerprint density at radius 1 is 1.09 bits per heavy atom. The molecule has 1 aliphatic rings. The van der Waals surface area contributed by atoms with Gasteiger partial charge < -0.3 is 14.0 Å². The van der Waals surface area contributed by atoms with E-state index in [1.165, 1.54) is 31.4 Å². The Morgan fingerprint density at radius 3 is 2.48 bits per heavy atom. The fourth-order valence-corrected chi connectivity index (χ4v) is 2.74. The summed E-state index contributed by atoms with van der Waals surface area (Å²) in [7, 11) is -0.841. The molecule has 1 heterocycles. The maximum Gasteiger partial charge on any atom is 0.497 e. The molecule has 23 heavy (non-hydrogen) atoms. The van der Waals surface area contributed by atoms with E-state index in [2.05, 4.69) is 6.92 Å². The first kappa shape index (κ1) is 18.2. The van der Waals surface area contributed by atoms with E-state index in [1.54, 1.807) is 6.92 Å². The Bertz CT molecular complexity index is 491. The van der Waals surface area contributed by atoms with Gasteiger partial charge >= 0.3 is 7.12 Å². The molecule has 1 aliphatic heterocycles. The Hall–Kier alpha value is -1.14. The summed E-state index contributed by atoms with van der Waals surface area (Å²) in [6, 6.07) is 2.89. The molecule has 0 aromatic heterocycles. The van der Waals surface area contributed by atoms with Crippen molar-refractivity contribution in [1.29, 1.82) is 0 Å². The number of halogens is 2. The van der Waals surface area contributed by atoms with E-state index in [9.17, 15) is 8.78 Å². The van der Waals surface area contributed by atoms with Crippen LogP contribution in [0, 0.1) is 17.6 Å². The summed E-state index contributed by atoms with van der Waals surface area (Å²) in [5, 5.41) is 0. The number of hydrogen-bond acceptors (Lipinski definition) is 3. The Balaban J connectivity index is 1.89. The molecule has 6 heteroatoms. The van der Waals surface area contributed by atoms with Gasteiger partial charge in [-0.1, -0.05) is 38.7 Å². The lowest BCUT2D eigenvalue weighted by molar-refractivity contribution is 0.0806. The second kappa shape index (κ2) is 9.23. The third kappa shape index (κ3) is 4.92. The summed E-state index contributed by atoms with van der Waals surface area (Å²) in [4.78, 5) is 0. The van der Waals surface area contributed by atoms with E-state index in [1.807, 2.05) is 0 Å². The van der Waals surface area contributed by atoms with Crippen LogP contribution in [-0.4, -0.2) is 26.9 Å². The van der Waals surface area contributed by atoms with E-state index in [0.29, 0.717) is 19.1 Å². The van der Waals surface area contributed by atoms with Gasteiger partial charge in [0.05, 0.1) is 6.61 Å². The van der Waals surface area contributed by atoms with Crippen LogP contribution in [0.1, 0.15) is 46.0 Å². The number of hydrogen-bond donors (Lipinski definition) is 0. The first-order valence-corrected chi connectivity index (χ1v) is 8.51. The van der Waals surface area contributed by atoms with Crippen molar-refractivity contribution < 1.29 is 22.8 Å². The number of ether oxygens (including phenoxy) is 1. The van der Waals surface area contributed by atoms with Crippen LogP contribution >= 0.6 is 0 Å². The molecule has 0 spiro atoms. The van der Waals surface area contributed by atoms with Gasteiger partial charge in [-0.25, -0.2) is 4.39 Å². The molecule has 1 fully saturated rings. The van der Waals surface area contributed by atoms with Crippen LogP contribution in [0.25, 0.3) is 0 Å². The normalized spacial score (nSPS) is 15.9. The van der Waals surface area contributed by atoms with Gasteiger partial charge in [-0.3, -0.25) is 0 Å². The molecular formula is C17H25BF2O3. The van der Waals surface area contributed by atoms with Crippen molar-refractivity contribution in [2.75, 3.05) is 19.8 Å². The lowest BCUT2D eigenvalue weighted by Crippen LogP contribution is -2.46. The van der Waals surface area contributed by atoms with Crippen LogP contribution in [0.5, 0.6) is 5.75 Å². The number of unbranched alkanes of at least 4 members (excludes halogenated alkanes) is 3. The lowest BCUT2D eigenvalue weighted by atomic mass is 9.76. The highest BCUT2D eigenvalue weighted by molar-refractivity contribution is 6.61. The minimum absolute atomic E-state index is 0.0849. The van der Waals surface area contributed by atoms with Crippen molar-refractivity contribution in [1.82, 2.24) is 0 Å². The Kier molecular flexibility index (Phi) is 7.31. The molecule has 0 saturated carbocycles. The van der Waals surface area contributed by atoms with E-state index < -0.39 is 18.8 Å². The van der Waals surface area contributed by atoms with Gasteiger partial charge in [-0.15, -0.1) is 0 Å². The predicted octanol–water partition coefficient (Wildman–Crippen LogP) is 3.69. The molecule has 0 bridgehead atoms. The zero-order valence-corrected chi connectivity index (χ0v) is 13.9. The first-order chi connectivity index (χ1) is 11.2. The minimum Gasteiger partial charge on any atom is -0.491 e. The van der Waals surface area contributed by atoms with Crippen molar-refractivity contribution in [3.05, 3.63) is 23.8 Å². The maximum atomic E-state index is 14.1. The third-order valence-corrected chi connectivity index (χ3v) is 4.06. The maximum absolute atomic E-state index is 14.1. The summed E-state index contributed by atoms with van der Waals surface area (Å²) in [6.45, 7) is 5.23. The van der Waals surface area contributed by atoms with Gasteiger partial charge in [0.25, 0.3) is 0 Å². The van der Waals surface area contributed by atoms with Crippen molar-refractivity contribution in [2.24, 2.45) is 5.92 Å². The van der Waals surface area contributed by atoms with E-state index in [4.69, 9.17) is 14.0 Å². The molecule has 2 rings (SSSR count). The summed E-state index contributed by atoms with van der Waals surface area (Å²) < 4.78 is 44.3. The highest BCUT2D eigenvalue weighted by Crippen LogP contribution is 2.21. The molecule has 0 aliphatic carbocycles. The quantitative estimate of drug-likeness (QED) is 0.539. The van der Waals surface area contributed by atoms with Gasteiger partial charge in [-0.05, 0) is 19.4 Å². The molecule has 0 N–H and O–H groups in total. The fourth-order valence-electron chi connectivity index (χ4n) is 2.74. The van der Waals surface area contributed by atoms with Crippen molar-refractivity contribution >= 4 is 12.6 Å². The minimum atomic E-state index is -0.988. The van der Waals surface area contributed by atoms with Crippen LogP contribution in [0.15, 0.2) is 12.1 Å². The predicted molar refractivity (Wildman–Crippen MR) is 87.1 cm³/mol. The summed E-state index contributed by atoms with van der Waals surface area (Å²) in [5.74, 6) is -1.70. The second-order valence-corrected chi connectivity index (χ2v) is 5.93. The van der Waals surface area contributed by atoms with Gasteiger partial charge in [0, 0.05) is 24.6 Å². The molecule has 1 saturated heterocycles. The Morgan fingerprint density at radius 2 is 1.83 bits per heavy atom. The average Bonchev–Trinajstić information content (AvgIpc) is 2.57. The highest BCUT2D eigenvalue weighted by atomic mass is 19.2. The van der Waals surface area contributed by atoms with Crippen LogP contribution in [-0.2, 0) is 9.31 Å². The molecule has 3 nitrogen and oxygen atoms in total. The lowest BCUT2D eigenvalue weighted by Gasteiger charge is -2.27.